The molecule has 2 nitrogen and oxygen atoms in total. The van der Waals surface area contributed by atoms with Gasteiger partial charge in [-0.2, -0.15) is 0 Å². The van der Waals surface area contributed by atoms with Crippen LogP contribution in [0.2, 0.25) is 0 Å². The normalized spacial score (nSPS) is 13.8. The molecule has 0 bridgehead atoms. The molecule has 0 saturated carbocycles. The number of rotatable bonds is 6. The van der Waals surface area contributed by atoms with Crippen molar-refractivity contribution in [2.24, 2.45) is 11.8 Å². The third kappa shape index (κ3) is 5.04. The maximum absolute atomic E-state index is 11.6. The SMILES string of the molecule is COC(C(=O)CCC(C)C)C(C)C. The third-order valence-electron chi connectivity index (χ3n) is 2.14. The molecule has 0 fully saturated rings. The summed E-state index contributed by atoms with van der Waals surface area (Å²) in [6.45, 7) is 8.29. The van der Waals surface area contributed by atoms with Gasteiger partial charge in [0.25, 0.3) is 0 Å². The van der Waals surface area contributed by atoms with Gasteiger partial charge in [-0.3, -0.25) is 4.79 Å². The molecule has 0 aliphatic rings. The van der Waals surface area contributed by atoms with Crippen LogP contribution in [0.15, 0.2) is 0 Å². The number of Topliss-reactive ketones (excluding diaryl/α,β-unsaturated/α-hetero) is 1. The van der Waals surface area contributed by atoms with Crippen molar-refractivity contribution in [2.45, 2.75) is 46.6 Å². The Morgan fingerprint density at radius 2 is 1.77 bits per heavy atom. The molecule has 0 aliphatic carbocycles. The molecular formula is C11H22O2. The van der Waals surface area contributed by atoms with Crippen LogP contribution in [0.1, 0.15) is 40.5 Å². The second-order valence-electron chi connectivity index (χ2n) is 4.30. The maximum Gasteiger partial charge on any atom is 0.161 e. The van der Waals surface area contributed by atoms with Gasteiger partial charge in [0.2, 0.25) is 0 Å². The number of hydrogen-bond acceptors (Lipinski definition) is 2. The van der Waals surface area contributed by atoms with Crippen LogP contribution < -0.4 is 0 Å². The number of carbonyl (C=O) groups excluding carboxylic acids is 1. The Hall–Kier alpha value is -0.370. The Bertz CT molecular complexity index is 150. The molecule has 2 heteroatoms. The molecule has 13 heavy (non-hydrogen) atoms. The van der Waals surface area contributed by atoms with E-state index in [-0.39, 0.29) is 17.8 Å². The molecule has 0 saturated heterocycles. The van der Waals surface area contributed by atoms with E-state index in [1.165, 1.54) is 0 Å². The Balaban J connectivity index is 3.92. The number of methoxy groups -OCH3 is 1. The minimum atomic E-state index is -0.209. The van der Waals surface area contributed by atoms with Gasteiger partial charge in [0.1, 0.15) is 6.10 Å². The van der Waals surface area contributed by atoms with Crippen molar-refractivity contribution >= 4 is 5.78 Å². The lowest BCUT2D eigenvalue weighted by atomic mass is 9.97. The zero-order chi connectivity index (χ0) is 10.4. The van der Waals surface area contributed by atoms with Crippen molar-refractivity contribution in [1.82, 2.24) is 0 Å². The van der Waals surface area contributed by atoms with Crippen LogP contribution in [0.3, 0.4) is 0 Å². The first kappa shape index (κ1) is 12.6. The van der Waals surface area contributed by atoms with Crippen LogP contribution in [-0.4, -0.2) is 19.0 Å². The molecule has 0 aromatic heterocycles. The first-order valence-electron chi connectivity index (χ1n) is 5.04. The van der Waals surface area contributed by atoms with E-state index in [2.05, 4.69) is 13.8 Å². The molecule has 0 aromatic carbocycles. The summed E-state index contributed by atoms with van der Waals surface area (Å²) in [7, 11) is 1.61. The van der Waals surface area contributed by atoms with Gasteiger partial charge in [0, 0.05) is 13.5 Å². The highest BCUT2D eigenvalue weighted by Gasteiger charge is 2.20. The van der Waals surface area contributed by atoms with Gasteiger partial charge in [-0.25, -0.2) is 0 Å². The van der Waals surface area contributed by atoms with Gasteiger partial charge in [-0.05, 0) is 18.3 Å². The standard InChI is InChI=1S/C11H22O2/c1-8(2)6-7-10(12)11(13-5)9(3)4/h8-9,11H,6-7H2,1-5H3. The van der Waals surface area contributed by atoms with Gasteiger partial charge >= 0.3 is 0 Å². The molecule has 0 rings (SSSR count). The van der Waals surface area contributed by atoms with Gasteiger partial charge < -0.3 is 4.74 Å². The fraction of sp³-hybridized carbons (Fsp3) is 0.909. The smallest absolute Gasteiger partial charge is 0.161 e. The van der Waals surface area contributed by atoms with Crippen LogP contribution in [0.4, 0.5) is 0 Å². The van der Waals surface area contributed by atoms with Crippen molar-refractivity contribution in [2.75, 3.05) is 7.11 Å². The van der Waals surface area contributed by atoms with E-state index < -0.39 is 0 Å². The summed E-state index contributed by atoms with van der Waals surface area (Å²) >= 11 is 0. The fourth-order valence-corrected chi connectivity index (χ4v) is 1.35. The van der Waals surface area contributed by atoms with Gasteiger partial charge in [0.05, 0.1) is 0 Å². The topological polar surface area (TPSA) is 26.3 Å². The molecule has 0 aliphatic heterocycles. The van der Waals surface area contributed by atoms with Crippen molar-refractivity contribution in [3.63, 3.8) is 0 Å². The monoisotopic (exact) mass is 186 g/mol. The number of hydrogen-bond donors (Lipinski definition) is 0. The first-order chi connectivity index (χ1) is 5.99. The minimum Gasteiger partial charge on any atom is -0.373 e. The summed E-state index contributed by atoms with van der Waals surface area (Å²) in [5, 5.41) is 0. The Kier molecular flexibility index (Phi) is 5.97. The highest BCUT2D eigenvalue weighted by Crippen LogP contribution is 2.12. The summed E-state index contributed by atoms with van der Waals surface area (Å²) in [6.07, 6.45) is 1.40. The summed E-state index contributed by atoms with van der Waals surface area (Å²) < 4.78 is 5.16. The fourth-order valence-electron chi connectivity index (χ4n) is 1.35. The van der Waals surface area contributed by atoms with Gasteiger partial charge in [0.15, 0.2) is 5.78 Å². The van der Waals surface area contributed by atoms with Crippen molar-refractivity contribution in [1.29, 1.82) is 0 Å². The summed E-state index contributed by atoms with van der Waals surface area (Å²) in [6, 6.07) is 0. The average molecular weight is 186 g/mol. The van der Waals surface area contributed by atoms with Crippen LogP contribution in [0, 0.1) is 11.8 Å². The van der Waals surface area contributed by atoms with Crippen LogP contribution >= 0.6 is 0 Å². The Labute approximate surface area is 81.7 Å². The van der Waals surface area contributed by atoms with Crippen LogP contribution in [-0.2, 0) is 9.53 Å². The van der Waals surface area contributed by atoms with Crippen molar-refractivity contribution in [3.8, 4) is 0 Å². The molecule has 0 aromatic rings. The largest absolute Gasteiger partial charge is 0.373 e. The highest BCUT2D eigenvalue weighted by atomic mass is 16.5. The van der Waals surface area contributed by atoms with E-state index in [4.69, 9.17) is 4.74 Å². The number of ketones is 1. The Morgan fingerprint density at radius 3 is 2.08 bits per heavy atom. The van der Waals surface area contributed by atoms with E-state index in [1.54, 1.807) is 7.11 Å². The predicted octanol–water partition coefficient (Wildman–Crippen LogP) is 2.66. The zero-order valence-electron chi connectivity index (χ0n) is 9.46. The van der Waals surface area contributed by atoms with Crippen LogP contribution in [0.5, 0.6) is 0 Å². The summed E-state index contributed by atoms with van der Waals surface area (Å²) in [5.41, 5.74) is 0. The molecule has 0 amide bonds. The van der Waals surface area contributed by atoms with E-state index >= 15 is 0 Å². The van der Waals surface area contributed by atoms with Crippen molar-refractivity contribution in [3.05, 3.63) is 0 Å². The molecular weight excluding hydrogens is 164 g/mol. The predicted molar refractivity (Wildman–Crippen MR) is 54.7 cm³/mol. The molecule has 0 N–H and O–H groups in total. The number of ether oxygens (including phenoxy) is 1. The molecule has 1 atom stereocenters. The third-order valence-corrected chi connectivity index (χ3v) is 2.14. The zero-order valence-corrected chi connectivity index (χ0v) is 9.46. The highest BCUT2D eigenvalue weighted by molar-refractivity contribution is 5.83. The van der Waals surface area contributed by atoms with E-state index in [9.17, 15) is 4.79 Å². The van der Waals surface area contributed by atoms with E-state index in [1.807, 2.05) is 13.8 Å². The lowest BCUT2D eigenvalue weighted by molar-refractivity contribution is -0.131. The molecule has 78 valence electrons. The molecule has 0 radical (unpaired) electrons. The van der Waals surface area contributed by atoms with Gasteiger partial charge in [-0.1, -0.05) is 27.7 Å². The average Bonchev–Trinajstić information content (AvgIpc) is 2.01. The molecule has 1 unspecified atom stereocenters. The summed E-state index contributed by atoms with van der Waals surface area (Å²) in [5.74, 6) is 1.12. The minimum absolute atomic E-state index is 0.209. The second kappa shape index (κ2) is 6.14. The lowest BCUT2D eigenvalue weighted by Gasteiger charge is -2.18. The maximum atomic E-state index is 11.6. The number of carbonyl (C=O) groups is 1. The second-order valence-corrected chi connectivity index (χ2v) is 4.30. The van der Waals surface area contributed by atoms with Gasteiger partial charge in [-0.15, -0.1) is 0 Å². The van der Waals surface area contributed by atoms with Crippen LogP contribution in [0.25, 0.3) is 0 Å². The van der Waals surface area contributed by atoms with Crippen molar-refractivity contribution < 1.29 is 9.53 Å². The molecule has 0 heterocycles. The first-order valence-corrected chi connectivity index (χ1v) is 5.04. The van der Waals surface area contributed by atoms with E-state index in [0.717, 1.165) is 6.42 Å². The quantitative estimate of drug-likeness (QED) is 0.637. The molecule has 0 spiro atoms. The summed E-state index contributed by atoms with van der Waals surface area (Å²) in [4.78, 5) is 11.6. The Morgan fingerprint density at radius 1 is 1.23 bits per heavy atom. The lowest BCUT2D eigenvalue weighted by Crippen LogP contribution is -2.28. The van der Waals surface area contributed by atoms with E-state index in [0.29, 0.717) is 12.3 Å².